The lowest BCUT2D eigenvalue weighted by atomic mass is 10.1. The predicted octanol–water partition coefficient (Wildman–Crippen LogP) is 3.14. The minimum atomic E-state index is -0.0213. The summed E-state index contributed by atoms with van der Waals surface area (Å²) in [5.41, 5.74) is 1.64. The molecule has 0 atom stereocenters. The molecule has 0 fully saturated rings. The van der Waals surface area contributed by atoms with Crippen LogP contribution in [0.2, 0.25) is 0 Å². The molecule has 26 heavy (non-hydrogen) atoms. The van der Waals surface area contributed by atoms with Crippen LogP contribution in [0, 0.1) is 11.8 Å². The second kappa shape index (κ2) is 6.52. The maximum Gasteiger partial charge on any atom is 0.231 e. The SMILES string of the molecule is CC(C)Oc1cc2c(cc1C#Cc1cc3c(cc1C=O)OCO3)OCO2. The molecule has 2 aromatic rings. The van der Waals surface area contributed by atoms with Gasteiger partial charge in [-0.25, -0.2) is 0 Å². The van der Waals surface area contributed by atoms with Gasteiger partial charge in [-0.05, 0) is 19.9 Å². The lowest BCUT2D eigenvalue weighted by molar-refractivity contribution is 0.112. The third kappa shape index (κ3) is 3.00. The van der Waals surface area contributed by atoms with Gasteiger partial charge in [-0.2, -0.15) is 0 Å². The molecule has 6 heteroatoms. The zero-order valence-corrected chi connectivity index (χ0v) is 14.3. The number of carbonyl (C=O) groups is 1. The number of fused-ring (bicyclic) bond motifs is 2. The van der Waals surface area contributed by atoms with E-state index in [4.69, 9.17) is 23.7 Å². The van der Waals surface area contributed by atoms with E-state index in [1.165, 1.54) is 0 Å². The molecular weight excluding hydrogens is 336 g/mol. The molecule has 2 aromatic carbocycles. The average Bonchev–Trinajstić information content (AvgIpc) is 3.26. The highest BCUT2D eigenvalue weighted by molar-refractivity contribution is 5.82. The molecule has 4 rings (SSSR count). The van der Waals surface area contributed by atoms with E-state index < -0.39 is 0 Å². The molecule has 2 aliphatic rings. The number of hydrogen-bond donors (Lipinski definition) is 0. The first-order valence-corrected chi connectivity index (χ1v) is 8.15. The van der Waals surface area contributed by atoms with Crippen molar-refractivity contribution in [3.05, 3.63) is 41.0 Å². The van der Waals surface area contributed by atoms with E-state index in [9.17, 15) is 4.79 Å². The molecule has 132 valence electrons. The molecule has 0 unspecified atom stereocenters. The normalized spacial score (nSPS) is 13.3. The molecule has 0 aromatic heterocycles. The first kappa shape index (κ1) is 16.2. The lowest BCUT2D eigenvalue weighted by Gasteiger charge is -2.12. The highest BCUT2D eigenvalue weighted by Gasteiger charge is 2.19. The number of ether oxygens (including phenoxy) is 5. The molecule has 0 radical (unpaired) electrons. The summed E-state index contributed by atoms with van der Waals surface area (Å²) in [5, 5.41) is 0. The van der Waals surface area contributed by atoms with E-state index in [2.05, 4.69) is 11.8 Å². The van der Waals surface area contributed by atoms with Gasteiger partial charge < -0.3 is 23.7 Å². The summed E-state index contributed by atoms with van der Waals surface area (Å²) < 4.78 is 27.3. The Hall–Kier alpha value is -3.33. The van der Waals surface area contributed by atoms with Crippen molar-refractivity contribution in [1.82, 2.24) is 0 Å². The summed E-state index contributed by atoms with van der Waals surface area (Å²) in [7, 11) is 0. The highest BCUT2D eigenvalue weighted by atomic mass is 16.7. The Labute approximate surface area is 150 Å². The summed E-state index contributed by atoms with van der Waals surface area (Å²) >= 11 is 0. The lowest BCUT2D eigenvalue weighted by Crippen LogP contribution is -2.06. The van der Waals surface area contributed by atoms with Crippen molar-refractivity contribution in [2.24, 2.45) is 0 Å². The quantitative estimate of drug-likeness (QED) is 0.625. The Morgan fingerprint density at radius 3 is 2.04 bits per heavy atom. The first-order chi connectivity index (χ1) is 12.6. The fourth-order valence-corrected chi connectivity index (χ4v) is 2.67. The van der Waals surface area contributed by atoms with Crippen LogP contribution in [0.25, 0.3) is 0 Å². The predicted molar refractivity (Wildman–Crippen MR) is 92.3 cm³/mol. The van der Waals surface area contributed by atoms with Crippen LogP contribution in [-0.4, -0.2) is 26.0 Å². The average molecular weight is 352 g/mol. The van der Waals surface area contributed by atoms with E-state index >= 15 is 0 Å². The molecular formula is C20H16O6. The van der Waals surface area contributed by atoms with Crippen molar-refractivity contribution in [2.75, 3.05) is 13.6 Å². The van der Waals surface area contributed by atoms with E-state index in [0.717, 1.165) is 6.29 Å². The molecule has 0 saturated heterocycles. The van der Waals surface area contributed by atoms with Crippen molar-refractivity contribution in [1.29, 1.82) is 0 Å². The smallest absolute Gasteiger partial charge is 0.231 e. The Balaban J connectivity index is 1.76. The second-order valence-corrected chi connectivity index (χ2v) is 6.03. The standard InChI is InChI=1S/C20H16O6/c1-12(2)26-16-8-20-18(23-11-25-20)6-14(16)4-3-13-5-17-19(24-10-22-17)7-15(13)9-21/h5-9,12H,10-11H2,1-2H3. The third-order valence-corrected chi connectivity index (χ3v) is 3.84. The van der Waals surface area contributed by atoms with Crippen LogP contribution in [0.5, 0.6) is 28.7 Å². The van der Waals surface area contributed by atoms with Gasteiger partial charge in [0, 0.05) is 29.3 Å². The fraction of sp³-hybridized carbons (Fsp3) is 0.250. The van der Waals surface area contributed by atoms with E-state index in [1.807, 2.05) is 13.8 Å². The van der Waals surface area contributed by atoms with Crippen LogP contribution in [0.3, 0.4) is 0 Å². The molecule has 0 aliphatic carbocycles. The van der Waals surface area contributed by atoms with Crippen LogP contribution in [-0.2, 0) is 0 Å². The van der Waals surface area contributed by atoms with Crippen molar-refractivity contribution in [3.63, 3.8) is 0 Å². The number of aldehydes is 1. The molecule has 0 N–H and O–H groups in total. The summed E-state index contributed by atoms with van der Waals surface area (Å²) in [4.78, 5) is 11.4. The monoisotopic (exact) mass is 352 g/mol. The molecule has 0 bridgehead atoms. The first-order valence-electron chi connectivity index (χ1n) is 8.15. The summed E-state index contributed by atoms with van der Waals surface area (Å²) in [5.74, 6) is 9.05. The van der Waals surface area contributed by atoms with Gasteiger partial charge >= 0.3 is 0 Å². The van der Waals surface area contributed by atoms with Gasteiger partial charge in [0.05, 0.1) is 11.7 Å². The Bertz CT molecular complexity index is 936. The number of rotatable bonds is 3. The topological polar surface area (TPSA) is 63.2 Å². The van der Waals surface area contributed by atoms with Gasteiger partial charge in [-0.3, -0.25) is 4.79 Å². The summed E-state index contributed by atoms with van der Waals surface area (Å²) in [6.07, 6.45) is 0.726. The maximum absolute atomic E-state index is 11.4. The molecule has 0 amide bonds. The minimum absolute atomic E-state index is 0.0213. The van der Waals surface area contributed by atoms with Crippen LogP contribution in [0.15, 0.2) is 24.3 Å². The zero-order valence-electron chi connectivity index (χ0n) is 14.3. The summed E-state index contributed by atoms with van der Waals surface area (Å²) in [6.45, 7) is 4.18. The second-order valence-electron chi connectivity index (χ2n) is 6.03. The van der Waals surface area contributed by atoms with Crippen molar-refractivity contribution >= 4 is 6.29 Å². The molecule has 0 spiro atoms. The van der Waals surface area contributed by atoms with E-state index in [1.54, 1.807) is 24.3 Å². The van der Waals surface area contributed by atoms with Crippen LogP contribution < -0.4 is 23.7 Å². The van der Waals surface area contributed by atoms with E-state index in [0.29, 0.717) is 45.4 Å². The van der Waals surface area contributed by atoms with Crippen LogP contribution >= 0.6 is 0 Å². The van der Waals surface area contributed by atoms with Crippen molar-refractivity contribution in [3.8, 4) is 40.6 Å². The molecule has 2 aliphatic heterocycles. The van der Waals surface area contributed by atoms with Gasteiger partial charge in [0.1, 0.15) is 5.75 Å². The summed E-state index contributed by atoms with van der Waals surface area (Å²) in [6, 6.07) is 6.88. The van der Waals surface area contributed by atoms with Crippen molar-refractivity contribution < 1.29 is 28.5 Å². The Morgan fingerprint density at radius 1 is 0.885 bits per heavy atom. The van der Waals surface area contributed by atoms with Crippen LogP contribution in [0.1, 0.15) is 35.3 Å². The van der Waals surface area contributed by atoms with Gasteiger partial charge in [-0.1, -0.05) is 11.8 Å². The molecule has 0 saturated carbocycles. The highest BCUT2D eigenvalue weighted by Crippen LogP contribution is 2.38. The van der Waals surface area contributed by atoms with Gasteiger partial charge in [-0.15, -0.1) is 0 Å². The maximum atomic E-state index is 11.4. The van der Waals surface area contributed by atoms with Gasteiger partial charge in [0.25, 0.3) is 0 Å². The Morgan fingerprint density at radius 2 is 1.42 bits per heavy atom. The zero-order chi connectivity index (χ0) is 18.1. The number of benzene rings is 2. The largest absolute Gasteiger partial charge is 0.490 e. The van der Waals surface area contributed by atoms with Gasteiger partial charge in [0.15, 0.2) is 29.3 Å². The number of carbonyl (C=O) groups excluding carboxylic acids is 1. The molecule has 2 heterocycles. The number of hydrogen-bond acceptors (Lipinski definition) is 6. The third-order valence-electron chi connectivity index (χ3n) is 3.84. The Kier molecular flexibility index (Phi) is 4.05. The molecule has 6 nitrogen and oxygen atoms in total. The van der Waals surface area contributed by atoms with Crippen molar-refractivity contribution in [2.45, 2.75) is 20.0 Å². The van der Waals surface area contributed by atoms with Gasteiger partial charge in [0.2, 0.25) is 13.6 Å². The van der Waals surface area contributed by atoms with Crippen LogP contribution in [0.4, 0.5) is 0 Å². The minimum Gasteiger partial charge on any atom is -0.490 e. The fourth-order valence-electron chi connectivity index (χ4n) is 2.67. The van der Waals surface area contributed by atoms with E-state index in [-0.39, 0.29) is 19.7 Å².